The second-order valence-corrected chi connectivity index (χ2v) is 4.49. The van der Waals surface area contributed by atoms with Crippen LogP contribution < -0.4 is 4.74 Å². The van der Waals surface area contributed by atoms with Gasteiger partial charge in [0.2, 0.25) is 0 Å². The molecule has 17 heavy (non-hydrogen) atoms. The predicted molar refractivity (Wildman–Crippen MR) is 66.4 cm³/mol. The summed E-state index contributed by atoms with van der Waals surface area (Å²) < 4.78 is 5.36. The van der Waals surface area contributed by atoms with E-state index in [1.807, 2.05) is 19.1 Å². The fraction of sp³-hybridized carbons (Fsp3) is 0.357. The highest BCUT2D eigenvalue weighted by atomic mass is 16.5. The van der Waals surface area contributed by atoms with Crippen molar-refractivity contribution in [2.45, 2.75) is 26.2 Å². The molecule has 0 radical (unpaired) electrons. The lowest BCUT2D eigenvalue weighted by molar-refractivity contribution is -0.131. The van der Waals surface area contributed by atoms with Crippen LogP contribution in [0.5, 0.6) is 5.75 Å². The maximum absolute atomic E-state index is 10.8. The lowest BCUT2D eigenvalue weighted by Gasteiger charge is -2.12. The van der Waals surface area contributed by atoms with Crippen LogP contribution in [0.15, 0.2) is 18.2 Å². The van der Waals surface area contributed by atoms with Crippen molar-refractivity contribution in [1.29, 1.82) is 0 Å². The van der Waals surface area contributed by atoms with Crippen LogP contribution in [0, 0.1) is 6.92 Å². The van der Waals surface area contributed by atoms with Crippen LogP contribution in [0.25, 0.3) is 5.57 Å². The van der Waals surface area contributed by atoms with Crippen LogP contribution in [0.3, 0.4) is 0 Å². The zero-order valence-corrected chi connectivity index (χ0v) is 10.3. The molecule has 1 aliphatic carbocycles. The molecule has 1 atom stereocenters. The monoisotopic (exact) mass is 232 g/mol. The van der Waals surface area contributed by atoms with Gasteiger partial charge in [-0.1, -0.05) is 13.0 Å². The van der Waals surface area contributed by atoms with Crippen molar-refractivity contribution in [3.05, 3.63) is 34.9 Å². The van der Waals surface area contributed by atoms with E-state index in [0.29, 0.717) is 5.92 Å². The first-order valence-electron chi connectivity index (χ1n) is 5.66. The maximum atomic E-state index is 10.8. The van der Waals surface area contributed by atoms with Gasteiger partial charge in [0.05, 0.1) is 7.11 Å². The molecule has 3 heteroatoms. The number of allylic oxidation sites excluding steroid dienone is 1. The molecule has 0 saturated heterocycles. The topological polar surface area (TPSA) is 46.5 Å². The molecule has 1 unspecified atom stereocenters. The number of ether oxygens (including phenoxy) is 1. The van der Waals surface area contributed by atoms with E-state index < -0.39 is 5.97 Å². The molecular weight excluding hydrogens is 216 g/mol. The number of fused-ring (bicyclic) bond motifs is 1. The Morgan fingerprint density at radius 2 is 2.24 bits per heavy atom. The zero-order valence-electron chi connectivity index (χ0n) is 10.3. The highest BCUT2D eigenvalue weighted by Crippen LogP contribution is 2.46. The van der Waals surface area contributed by atoms with E-state index in [1.165, 1.54) is 6.08 Å². The quantitative estimate of drug-likeness (QED) is 0.797. The van der Waals surface area contributed by atoms with E-state index in [1.54, 1.807) is 7.11 Å². The van der Waals surface area contributed by atoms with Crippen LogP contribution in [0.1, 0.15) is 36.0 Å². The van der Waals surface area contributed by atoms with Gasteiger partial charge in [-0.15, -0.1) is 0 Å². The normalized spacial score (nSPS) is 20.4. The summed E-state index contributed by atoms with van der Waals surface area (Å²) in [6, 6.07) is 3.93. The van der Waals surface area contributed by atoms with Crippen LogP contribution in [-0.4, -0.2) is 18.2 Å². The second-order valence-electron chi connectivity index (χ2n) is 4.49. The molecule has 2 rings (SSSR count). The molecule has 3 nitrogen and oxygen atoms in total. The molecule has 1 aliphatic rings. The maximum Gasteiger partial charge on any atom is 0.328 e. The number of hydrogen-bond acceptors (Lipinski definition) is 2. The number of carboxylic acid groups (broad SMARTS) is 1. The van der Waals surface area contributed by atoms with Gasteiger partial charge in [0.25, 0.3) is 0 Å². The predicted octanol–water partition coefficient (Wildman–Crippen LogP) is 2.98. The first-order chi connectivity index (χ1) is 8.04. The number of benzene rings is 1. The van der Waals surface area contributed by atoms with Gasteiger partial charge in [0.1, 0.15) is 5.75 Å². The minimum atomic E-state index is -0.887. The van der Waals surface area contributed by atoms with Crippen molar-refractivity contribution < 1.29 is 14.6 Å². The second kappa shape index (κ2) is 4.24. The Bertz CT molecular complexity index is 500. The largest absolute Gasteiger partial charge is 0.496 e. The summed E-state index contributed by atoms with van der Waals surface area (Å²) in [6.07, 6.45) is 2.08. The van der Waals surface area contributed by atoms with Crippen molar-refractivity contribution in [1.82, 2.24) is 0 Å². The summed E-state index contributed by atoms with van der Waals surface area (Å²) in [6.45, 7) is 4.11. The van der Waals surface area contributed by atoms with Gasteiger partial charge in [0.15, 0.2) is 0 Å². The zero-order chi connectivity index (χ0) is 12.6. The van der Waals surface area contributed by atoms with Gasteiger partial charge < -0.3 is 9.84 Å². The fourth-order valence-corrected chi connectivity index (χ4v) is 2.62. The van der Waals surface area contributed by atoms with E-state index in [4.69, 9.17) is 9.84 Å². The molecule has 1 N–H and O–H groups in total. The number of carboxylic acids is 1. The minimum Gasteiger partial charge on any atom is -0.496 e. The van der Waals surface area contributed by atoms with Crippen molar-refractivity contribution >= 4 is 11.5 Å². The Hall–Kier alpha value is -1.77. The van der Waals surface area contributed by atoms with E-state index in [9.17, 15) is 4.79 Å². The summed E-state index contributed by atoms with van der Waals surface area (Å²) in [5.41, 5.74) is 4.20. The Kier molecular flexibility index (Phi) is 2.92. The molecule has 1 aromatic carbocycles. The average Bonchev–Trinajstić information content (AvgIpc) is 2.57. The Labute approximate surface area is 101 Å². The minimum absolute atomic E-state index is 0.311. The van der Waals surface area contributed by atoms with E-state index in [-0.39, 0.29) is 0 Å². The third-order valence-electron chi connectivity index (χ3n) is 3.27. The third kappa shape index (κ3) is 1.93. The smallest absolute Gasteiger partial charge is 0.328 e. The molecule has 0 fully saturated rings. The number of aliphatic carboxylic acids is 1. The van der Waals surface area contributed by atoms with Gasteiger partial charge in [-0.05, 0) is 42.0 Å². The SMILES string of the molecule is COc1ccc(C)c2c1C(C)C/C2=C\C(=O)O. The Balaban J connectivity index is 2.65. The summed E-state index contributed by atoms with van der Waals surface area (Å²) >= 11 is 0. The number of carbonyl (C=O) groups is 1. The molecule has 0 heterocycles. The molecule has 0 aromatic heterocycles. The molecule has 0 saturated carbocycles. The van der Waals surface area contributed by atoms with Crippen LogP contribution >= 0.6 is 0 Å². The third-order valence-corrected chi connectivity index (χ3v) is 3.27. The van der Waals surface area contributed by atoms with E-state index in [2.05, 4.69) is 6.92 Å². The van der Waals surface area contributed by atoms with Gasteiger partial charge in [-0.3, -0.25) is 0 Å². The molecule has 1 aromatic rings. The molecular formula is C14H16O3. The van der Waals surface area contributed by atoms with Gasteiger partial charge in [0, 0.05) is 11.6 Å². The van der Waals surface area contributed by atoms with E-state index in [0.717, 1.165) is 34.4 Å². The first-order valence-corrected chi connectivity index (χ1v) is 5.66. The lowest BCUT2D eigenvalue weighted by Crippen LogP contribution is -1.96. The van der Waals surface area contributed by atoms with Crippen molar-refractivity contribution in [3.63, 3.8) is 0 Å². The summed E-state index contributed by atoms with van der Waals surface area (Å²) in [5.74, 6) is 0.277. The average molecular weight is 232 g/mol. The molecule has 90 valence electrons. The standard InChI is InChI=1S/C14H16O3/c1-8-4-5-11(17-3)14-9(2)6-10(13(8)14)7-12(15)16/h4-5,7,9H,6H2,1-3H3,(H,15,16)/b10-7+. The summed E-state index contributed by atoms with van der Waals surface area (Å²) in [5, 5.41) is 8.90. The summed E-state index contributed by atoms with van der Waals surface area (Å²) in [4.78, 5) is 10.8. The summed E-state index contributed by atoms with van der Waals surface area (Å²) in [7, 11) is 1.65. The number of rotatable bonds is 2. The molecule has 0 aliphatic heterocycles. The van der Waals surface area contributed by atoms with Gasteiger partial charge >= 0.3 is 5.97 Å². The van der Waals surface area contributed by atoms with Crippen molar-refractivity contribution in [2.24, 2.45) is 0 Å². The highest BCUT2D eigenvalue weighted by Gasteiger charge is 2.28. The van der Waals surface area contributed by atoms with Crippen LogP contribution in [0.2, 0.25) is 0 Å². The number of aryl methyl sites for hydroxylation is 1. The number of hydrogen-bond donors (Lipinski definition) is 1. The fourth-order valence-electron chi connectivity index (χ4n) is 2.62. The van der Waals surface area contributed by atoms with Crippen LogP contribution in [0.4, 0.5) is 0 Å². The van der Waals surface area contributed by atoms with Crippen molar-refractivity contribution in [2.75, 3.05) is 7.11 Å². The van der Waals surface area contributed by atoms with E-state index >= 15 is 0 Å². The van der Waals surface area contributed by atoms with Crippen LogP contribution in [-0.2, 0) is 4.79 Å². The molecule has 0 amide bonds. The molecule has 0 bridgehead atoms. The molecule has 0 spiro atoms. The highest BCUT2D eigenvalue weighted by molar-refractivity contribution is 5.93. The number of methoxy groups -OCH3 is 1. The van der Waals surface area contributed by atoms with Gasteiger partial charge in [-0.25, -0.2) is 4.79 Å². The van der Waals surface area contributed by atoms with Crippen molar-refractivity contribution in [3.8, 4) is 5.75 Å². The Morgan fingerprint density at radius 3 is 2.82 bits per heavy atom. The Morgan fingerprint density at radius 1 is 1.53 bits per heavy atom. The lowest BCUT2D eigenvalue weighted by atomic mass is 9.98. The van der Waals surface area contributed by atoms with Gasteiger partial charge in [-0.2, -0.15) is 0 Å². The first kappa shape index (κ1) is 11.7.